The topological polar surface area (TPSA) is 26.3 Å². The minimum atomic E-state index is -0.486. The number of rotatable bonds is 7. The summed E-state index contributed by atoms with van der Waals surface area (Å²) in [6.45, 7) is 6.34. The van der Waals surface area contributed by atoms with E-state index >= 15 is 0 Å². The largest absolute Gasteiger partial charge is 0.454 e. The maximum Gasteiger partial charge on any atom is 0.165 e. The fourth-order valence-electron chi connectivity index (χ4n) is 3.09. The highest BCUT2D eigenvalue weighted by Gasteiger charge is 2.22. The van der Waals surface area contributed by atoms with E-state index in [1.54, 1.807) is 12.1 Å². The second-order valence-electron chi connectivity index (χ2n) is 7.73. The van der Waals surface area contributed by atoms with E-state index in [0.29, 0.717) is 24.2 Å². The summed E-state index contributed by atoms with van der Waals surface area (Å²) in [6, 6.07) is 21.7. The predicted molar refractivity (Wildman–Crippen MR) is 111 cm³/mol. The Kier molecular flexibility index (Phi) is 5.93. The Bertz CT molecular complexity index is 944. The number of aryl methyl sites for hydroxylation is 1. The number of halogens is 1. The van der Waals surface area contributed by atoms with Gasteiger partial charge in [-0.15, -0.1) is 0 Å². The molecule has 0 bridgehead atoms. The Morgan fingerprint density at radius 1 is 0.964 bits per heavy atom. The lowest BCUT2D eigenvalue weighted by atomic mass is 9.79. The second kappa shape index (κ2) is 8.39. The Labute approximate surface area is 166 Å². The predicted octanol–water partition coefficient (Wildman–Crippen LogP) is 6.87. The van der Waals surface area contributed by atoms with Gasteiger partial charge in [0.1, 0.15) is 5.75 Å². The van der Waals surface area contributed by atoms with Crippen molar-refractivity contribution in [2.75, 3.05) is 0 Å². The third kappa shape index (κ3) is 4.86. The normalized spacial score (nSPS) is 11.3. The lowest BCUT2D eigenvalue weighted by Gasteiger charge is -2.25. The van der Waals surface area contributed by atoms with Crippen LogP contribution in [0.1, 0.15) is 48.2 Å². The third-order valence-electron chi connectivity index (χ3n) is 5.03. The van der Waals surface area contributed by atoms with E-state index in [-0.39, 0.29) is 16.9 Å². The molecule has 0 N–H and O–H groups in total. The van der Waals surface area contributed by atoms with Crippen molar-refractivity contribution in [3.05, 3.63) is 95.3 Å². The van der Waals surface area contributed by atoms with Gasteiger partial charge in [-0.1, -0.05) is 61.9 Å². The zero-order chi connectivity index (χ0) is 20.1. The van der Waals surface area contributed by atoms with Crippen LogP contribution >= 0.6 is 0 Å². The zero-order valence-electron chi connectivity index (χ0n) is 16.5. The highest BCUT2D eigenvalue weighted by molar-refractivity contribution is 5.96. The molecule has 3 aromatic carbocycles. The summed E-state index contributed by atoms with van der Waals surface area (Å²) in [6.07, 6.45) is 1.10. The molecule has 0 atom stereocenters. The van der Waals surface area contributed by atoms with Gasteiger partial charge < -0.3 is 4.74 Å². The SMILES string of the molecule is Cc1ccc(C(C)(C)CCC(=O)c2ccc(F)c(Oc3ccccc3)c2)cc1. The van der Waals surface area contributed by atoms with E-state index in [9.17, 15) is 9.18 Å². The fourth-order valence-corrected chi connectivity index (χ4v) is 3.09. The Morgan fingerprint density at radius 2 is 1.64 bits per heavy atom. The fraction of sp³-hybridized carbons (Fsp3) is 0.240. The first-order valence-corrected chi connectivity index (χ1v) is 9.48. The van der Waals surface area contributed by atoms with E-state index in [4.69, 9.17) is 4.74 Å². The van der Waals surface area contributed by atoms with E-state index in [2.05, 4.69) is 45.0 Å². The van der Waals surface area contributed by atoms with Crippen LogP contribution in [0.4, 0.5) is 4.39 Å². The summed E-state index contributed by atoms with van der Waals surface area (Å²) in [4.78, 5) is 12.7. The smallest absolute Gasteiger partial charge is 0.165 e. The van der Waals surface area contributed by atoms with Crippen molar-refractivity contribution in [2.45, 2.75) is 39.0 Å². The standard InChI is InChI=1S/C25H25FO2/c1-18-9-12-20(13-10-18)25(2,3)16-15-23(27)19-11-14-22(26)24(17-19)28-21-7-5-4-6-8-21/h4-14,17H,15-16H2,1-3H3. The number of ether oxygens (including phenoxy) is 1. The maximum atomic E-state index is 14.1. The number of carbonyl (C=O) groups excluding carboxylic acids is 1. The summed E-state index contributed by atoms with van der Waals surface area (Å²) in [5.74, 6) is 0.0971. The second-order valence-corrected chi connectivity index (χ2v) is 7.73. The van der Waals surface area contributed by atoms with Crippen molar-refractivity contribution >= 4 is 5.78 Å². The van der Waals surface area contributed by atoms with Crippen molar-refractivity contribution in [1.82, 2.24) is 0 Å². The number of Topliss-reactive ketones (excluding diaryl/α,β-unsaturated/α-hetero) is 1. The maximum absolute atomic E-state index is 14.1. The Morgan fingerprint density at radius 3 is 2.32 bits per heavy atom. The monoisotopic (exact) mass is 376 g/mol. The highest BCUT2D eigenvalue weighted by Crippen LogP contribution is 2.30. The van der Waals surface area contributed by atoms with Crippen molar-refractivity contribution < 1.29 is 13.9 Å². The third-order valence-corrected chi connectivity index (χ3v) is 5.03. The van der Waals surface area contributed by atoms with Crippen LogP contribution in [-0.2, 0) is 5.41 Å². The summed E-state index contributed by atoms with van der Waals surface area (Å²) < 4.78 is 19.7. The molecular formula is C25H25FO2. The van der Waals surface area contributed by atoms with Crippen molar-refractivity contribution in [3.63, 3.8) is 0 Å². The molecule has 28 heavy (non-hydrogen) atoms. The molecule has 3 aromatic rings. The van der Waals surface area contributed by atoms with Gasteiger partial charge in [0.25, 0.3) is 0 Å². The molecule has 0 aliphatic rings. The molecule has 0 radical (unpaired) electrons. The van der Waals surface area contributed by atoms with Gasteiger partial charge in [0.2, 0.25) is 0 Å². The summed E-state index contributed by atoms with van der Waals surface area (Å²) in [7, 11) is 0. The van der Waals surface area contributed by atoms with Gasteiger partial charge in [-0.3, -0.25) is 4.79 Å². The number of hydrogen-bond donors (Lipinski definition) is 0. The molecule has 144 valence electrons. The lowest BCUT2D eigenvalue weighted by molar-refractivity contribution is 0.0972. The molecule has 0 amide bonds. The van der Waals surface area contributed by atoms with Crippen LogP contribution in [0.2, 0.25) is 0 Å². The molecule has 2 nitrogen and oxygen atoms in total. The van der Waals surface area contributed by atoms with Crippen LogP contribution in [0.3, 0.4) is 0 Å². The highest BCUT2D eigenvalue weighted by atomic mass is 19.1. The quantitative estimate of drug-likeness (QED) is 0.421. The summed E-state index contributed by atoms with van der Waals surface area (Å²) in [5.41, 5.74) is 2.77. The van der Waals surface area contributed by atoms with E-state index in [1.165, 1.54) is 29.3 Å². The molecule has 0 aliphatic carbocycles. The van der Waals surface area contributed by atoms with Crippen LogP contribution < -0.4 is 4.74 Å². The lowest BCUT2D eigenvalue weighted by Crippen LogP contribution is -2.19. The van der Waals surface area contributed by atoms with Crippen LogP contribution in [0.5, 0.6) is 11.5 Å². The van der Waals surface area contributed by atoms with Gasteiger partial charge in [0.15, 0.2) is 17.3 Å². The first-order chi connectivity index (χ1) is 13.3. The minimum absolute atomic E-state index is 0.0156. The molecule has 0 unspecified atom stereocenters. The molecule has 3 heteroatoms. The molecule has 0 fully saturated rings. The minimum Gasteiger partial charge on any atom is -0.454 e. The number of benzene rings is 3. The Hall–Kier alpha value is -2.94. The molecule has 0 saturated carbocycles. The average Bonchev–Trinajstić information content (AvgIpc) is 2.69. The number of carbonyl (C=O) groups is 1. The number of para-hydroxylation sites is 1. The van der Waals surface area contributed by atoms with Crippen LogP contribution in [-0.4, -0.2) is 5.78 Å². The summed E-state index contributed by atoms with van der Waals surface area (Å²) >= 11 is 0. The van der Waals surface area contributed by atoms with Crippen molar-refractivity contribution in [3.8, 4) is 11.5 Å². The zero-order valence-corrected chi connectivity index (χ0v) is 16.5. The molecule has 0 saturated heterocycles. The van der Waals surface area contributed by atoms with Gasteiger partial charge in [-0.2, -0.15) is 0 Å². The van der Waals surface area contributed by atoms with Gasteiger partial charge in [-0.05, 0) is 54.7 Å². The molecule has 0 spiro atoms. The Balaban J connectivity index is 1.70. The molecule has 0 heterocycles. The molecular weight excluding hydrogens is 351 g/mol. The molecule has 0 aliphatic heterocycles. The summed E-state index contributed by atoms with van der Waals surface area (Å²) in [5, 5.41) is 0. The van der Waals surface area contributed by atoms with Crippen molar-refractivity contribution in [2.24, 2.45) is 0 Å². The van der Waals surface area contributed by atoms with Crippen molar-refractivity contribution in [1.29, 1.82) is 0 Å². The van der Waals surface area contributed by atoms with Crippen LogP contribution in [0.25, 0.3) is 0 Å². The van der Waals surface area contributed by atoms with Crippen LogP contribution in [0.15, 0.2) is 72.8 Å². The van der Waals surface area contributed by atoms with E-state index in [1.807, 2.05) is 18.2 Å². The molecule has 0 aromatic heterocycles. The first-order valence-electron chi connectivity index (χ1n) is 9.48. The number of ketones is 1. The van der Waals surface area contributed by atoms with Gasteiger partial charge >= 0.3 is 0 Å². The van der Waals surface area contributed by atoms with Gasteiger partial charge in [-0.25, -0.2) is 4.39 Å². The van der Waals surface area contributed by atoms with E-state index < -0.39 is 5.82 Å². The van der Waals surface area contributed by atoms with Gasteiger partial charge in [0, 0.05) is 12.0 Å². The first kappa shape index (κ1) is 19.8. The number of hydrogen-bond acceptors (Lipinski definition) is 2. The molecule has 3 rings (SSSR count). The van der Waals surface area contributed by atoms with Crippen LogP contribution in [0, 0.1) is 12.7 Å². The van der Waals surface area contributed by atoms with Gasteiger partial charge in [0.05, 0.1) is 0 Å². The average molecular weight is 376 g/mol. The van der Waals surface area contributed by atoms with E-state index in [0.717, 1.165) is 0 Å².